The van der Waals surface area contributed by atoms with E-state index in [0.717, 1.165) is 38.9 Å². The van der Waals surface area contributed by atoms with Crippen LogP contribution in [0.2, 0.25) is 5.02 Å². The van der Waals surface area contributed by atoms with Crippen LogP contribution in [0.15, 0.2) is 42.1 Å². The number of carbonyl (C=O) groups is 1. The van der Waals surface area contributed by atoms with Crippen LogP contribution in [0.1, 0.15) is 26.2 Å². The van der Waals surface area contributed by atoms with E-state index in [1.807, 2.05) is 0 Å². The minimum absolute atomic E-state index is 0.0491. The number of nitrogens with zero attached hydrogens (tertiary/aromatic N) is 2. The molecule has 4 atom stereocenters. The Kier molecular flexibility index (Phi) is 7.01. The number of aromatic nitrogens is 1. The van der Waals surface area contributed by atoms with E-state index in [0.29, 0.717) is 17.4 Å². The number of hydrogen-bond acceptors (Lipinski definition) is 4. The van der Waals surface area contributed by atoms with Crippen LogP contribution in [0.4, 0.5) is 0 Å². The largest absolute Gasteiger partial charge is 0.474 e. The smallest absolute Gasteiger partial charge is 0.225 e. The zero-order valence-electron chi connectivity index (χ0n) is 17.3. The molecule has 0 bridgehead atoms. The molecule has 30 heavy (non-hydrogen) atoms. The molecule has 0 aromatic carbocycles. The second-order valence-corrected chi connectivity index (χ2v) is 9.49. The molecule has 5 nitrogen and oxygen atoms in total. The van der Waals surface area contributed by atoms with Crippen molar-refractivity contribution in [3.63, 3.8) is 0 Å². The van der Waals surface area contributed by atoms with Crippen molar-refractivity contribution in [3.8, 4) is 5.88 Å². The second kappa shape index (κ2) is 9.71. The third-order valence-corrected chi connectivity index (χ3v) is 7.03. The maximum Gasteiger partial charge on any atom is 0.225 e. The first-order chi connectivity index (χ1) is 14.5. The number of alkyl halides is 1. The molecule has 2 fully saturated rings. The number of halogens is 2. The molecule has 3 heterocycles. The van der Waals surface area contributed by atoms with Gasteiger partial charge in [-0.15, -0.1) is 11.6 Å². The predicted molar refractivity (Wildman–Crippen MR) is 120 cm³/mol. The number of piperidine rings is 1. The molecule has 1 aromatic heterocycles. The number of likely N-dealkylation sites (tertiary alicyclic amines) is 1. The minimum Gasteiger partial charge on any atom is -0.474 e. The fourth-order valence-corrected chi connectivity index (χ4v) is 5.03. The highest BCUT2D eigenvalue weighted by atomic mass is 35.5. The highest BCUT2D eigenvalue weighted by Crippen LogP contribution is 2.37. The summed E-state index contributed by atoms with van der Waals surface area (Å²) in [4.78, 5) is 19.6. The van der Waals surface area contributed by atoms with Crippen LogP contribution in [-0.2, 0) is 4.79 Å². The van der Waals surface area contributed by atoms with Crippen LogP contribution in [0.3, 0.4) is 0 Å². The molecule has 1 aliphatic carbocycles. The molecule has 2 saturated heterocycles. The van der Waals surface area contributed by atoms with Crippen molar-refractivity contribution in [2.45, 2.75) is 37.7 Å². The number of nitrogens with one attached hydrogen (secondary N) is 1. The van der Waals surface area contributed by atoms with Gasteiger partial charge in [0.05, 0.1) is 10.4 Å². The van der Waals surface area contributed by atoms with Crippen molar-refractivity contribution in [3.05, 3.63) is 47.2 Å². The standard InChI is InChI=1S/C23H29Cl2N3O2/c1-15(30-22-7-6-19(25)12-27-22)20-13-28(23(29)17-8-10-26-11-9-17)14-21(20)16-2-4-18(24)5-3-16/h2-4,6-7,12,15,17-18,20-21,26H,5,8-11,13-14H2,1H3. The summed E-state index contributed by atoms with van der Waals surface area (Å²) in [5, 5.41) is 3.98. The number of allylic oxidation sites excluding steroid dienone is 3. The molecule has 4 rings (SSSR count). The summed E-state index contributed by atoms with van der Waals surface area (Å²) in [5.41, 5.74) is 1.26. The third kappa shape index (κ3) is 5.01. The van der Waals surface area contributed by atoms with Crippen LogP contribution >= 0.6 is 23.2 Å². The monoisotopic (exact) mass is 449 g/mol. The molecular formula is C23H29Cl2N3O2. The highest BCUT2D eigenvalue weighted by Gasteiger charge is 2.42. The summed E-state index contributed by atoms with van der Waals surface area (Å²) in [7, 11) is 0. The van der Waals surface area contributed by atoms with Crippen molar-refractivity contribution in [2.24, 2.45) is 17.8 Å². The SMILES string of the molecule is CC(Oc1ccc(Cl)cn1)C1CN(C(=O)C2CCNCC2)CC1C1=CCC(Cl)C=C1. The number of rotatable bonds is 5. The fraction of sp³-hybridized carbons (Fsp3) is 0.565. The van der Waals surface area contributed by atoms with Crippen LogP contribution in [0.5, 0.6) is 5.88 Å². The molecule has 3 aliphatic rings. The van der Waals surface area contributed by atoms with Gasteiger partial charge in [0.1, 0.15) is 6.10 Å². The molecule has 1 amide bonds. The van der Waals surface area contributed by atoms with Gasteiger partial charge in [-0.05, 0) is 50.9 Å². The van der Waals surface area contributed by atoms with Gasteiger partial charge in [-0.3, -0.25) is 4.79 Å². The maximum absolute atomic E-state index is 13.2. The van der Waals surface area contributed by atoms with E-state index in [9.17, 15) is 4.79 Å². The number of carbonyl (C=O) groups excluding carboxylic acids is 1. The van der Waals surface area contributed by atoms with Gasteiger partial charge < -0.3 is 15.0 Å². The van der Waals surface area contributed by atoms with E-state index in [4.69, 9.17) is 27.9 Å². The zero-order chi connectivity index (χ0) is 21.1. The third-order valence-electron chi connectivity index (χ3n) is 6.48. The summed E-state index contributed by atoms with van der Waals surface area (Å²) in [6.45, 7) is 5.35. The topological polar surface area (TPSA) is 54.5 Å². The molecule has 0 saturated carbocycles. The summed E-state index contributed by atoms with van der Waals surface area (Å²) >= 11 is 12.2. The van der Waals surface area contributed by atoms with Crippen LogP contribution in [0.25, 0.3) is 0 Å². The summed E-state index contributed by atoms with van der Waals surface area (Å²) in [6, 6.07) is 3.57. The predicted octanol–water partition coefficient (Wildman–Crippen LogP) is 4.07. The Morgan fingerprint density at radius 2 is 2.10 bits per heavy atom. The van der Waals surface area contributed by atoms with Gasteiger partial charge in [-0.2, -0.15) is 0 Å². The number of pyridine rings is 1. The molecule has 4 unspecified atom stereocenters. The molecule has 2 aliphatic heterocycles. The Bertz CT molecular complexity index is 805. The van der Waals surface area contributed by atoms with Crippen molar-refractivity contribution in [1.29, 1.82) is 0 Å². The lowest BCUT2D eigenvalue weighted by Crippen LogP contribution is -2.40. The van der Waals surface area contributed by atoms with Crippen molar-refractivity contribution in [2.75, 3.05) is 26.2 Å². The van der Waals surface area contributed by atoms with E-state index in [1.54, 1.807) is 18.3 Å². The average molecular weight is 450 g/mol. The quantitative estimate of drug-likeness (QED) is 0.688. The average Bonchev–Trinajstić information content (AvgIpc) is 3.21. The minimum atomic E-state index is -0.0856. The molecule has 7 heteroatoms. The Labute approximate surface area is 188 Å². The number of hydrogen-bond donors (Lipinski definition) is 1. The van der Waals surface area contributed by atoms with E-state index >= 15 is 0 Å². The molecular weight excluding hydrogens is 421 g/mol. The van der Waals surface area contributed by atoms with E-state index in [1.165, 1.54) is 5.57 Å². The van der Waals surface area contributed by atoms with Gasteiger partial charge in [0, 0.05) is 43.1 Å². The number of ether oxygens (including phenoxy) is 1. The maximum atomic E-state index is 13.2. The van der Waals surface area contributed by atoms with E-state index in [2.05, 4.69) is 40.4 Å². The van der Waals surface area contributed by atoms with Crippen molar-refractivity contribution < 1.29 is 9.53 Å². The van der Waals surface area contributed by atoms with Gasteiger partial charge in [0.15, 0.2) is 0 Å². The number of amides is 1. The van der Waals surface area contributed by atoms with Gasteiger partial charge in [0.25, 0.3) is 0 Å². The summed E-state index contributed by atoms with van der Waals surface area (Å²) < 4.78 is 6.17. The Balaban J connectivity index is 1.51. The lowest BCUT2D eigenvalue weighted by molar-refractivity contribution is -0.135. The molecule has 0 radical (unpaired) electrons. The lowest BCUT2D eigenvalue weighted by atomic mass is 9.83. The fourth-order valence-electron chi connectivity index (χ4n) is 4.76. The second-order valence-electron chi connectivity index (χ2n) is 8.49. The molecule has 0 spiro atoms. The Morgan fingerprint density at radius 3 is 2.77 bits per heavy atom. The van der Waals surface area contributed by atoms with Crippen molar-refractivity contribution >= 4 is 29.1 Å². The summed E-state index contributed by atoms with van der Waals surface area (Å²) in [6.07, 6.45) is 10.6. The molecule has 1 aromatic rings. The van der Waals surface area contributed by atoms with Crippen LogP contribution < -0.4 is 10.1 Å². The van der Waals surface area contributed by atoms with Crippen LogP contribution in [-0.4, -0.2) is 53.5 Å². The van der Waals surface area contributed by atoms with E-state index < -0.39 is 0 Å². The van der Waals surface area contributed by atoms with Gasteiger partial charge >= 0.3 is 0 Å². The first-order valence-corrected chi connectivity index (χ1v) is 11.6. The van der Waals surface area contributed by atoms with E-state index in [-0.39, 0.29) is 35.1 Å². The summed E-state index contributed by atoms with van der Waals surface area (Å²) in [5.74, 6) is 1.40. The van der Waals surface area contributed by atoms with Gasteiger partial charge in [0.2, 0.25) is 11.8 Å². The lowest BCUT2D eigenvalue weighted by Gasteiger charge is -2.27. The molecule has 162 valence electrons. The Morgan fingerprint density at radius 1 is 1.30 bits per heavy atom. The van der Waals surface area contributed by atoms with Crippen molar-refractivity contribution in [1.82, 2.24) is 15.2 Å². The molecule has 1 N–H and O–H groups in total. The Hall–Kier alpha value is -1.56. The highest BCUT2D eigenvalue weighted by molar-refractivity contribution is 6.30. The first-order valence-electron chi connectivity index (χ1n) is 10.8. The van der Waals surface area contributed by atoms with Gasteiger partial charge in [-0.25, -0.2) is 4.98 Å². The zero-order valence-corrected chi connectivity index (χ0v) is 18.8. The van der Waals surface area contributed by atoms with Gasteiger partial charge in [-0.1, -0.05) is 29.8 Å². The first kappa shape index (κ1) is 21.7. The normalized spacial score (nSPS) is 28.3. The van der Waals surface area contributed by atoms with Crippen LogP contribution in [0, 0.1) is 17.8 Å².